The molecule has 1 aromatic heterocycles. The van der Waals surface area contributed by atoms with Gasteiger partial charge in [-0.2, -0.15) is 5.26 Å². The molecule has 1 amide bonds. The van der Waals surface area contributed by atoms with E-state index in [-0.39, 0.29) is 11.7 Å². The van der Waals surface area contributed by atoms with Crippen LogP contribution < -0.4 is 5.32 Å². The highest BCUT2D eigenvalue weighted by molar-refractivity contribution is 7.09. The lowest BCUT2D eigenvalue weighted by Crippen LogP contribution is -2.47. The molecule has 0 aliphatic carbocycles. The third kappa shape index (κ3) is 3.70. The van der Waals surface area contributed by atoms with Gasteiger partial charge in [-0.25, -0.2) is 9.37 Å². The van der Waals surface area contributed by atoms with Gasteiger partial charge in [0.1, 0.15) is 16.4 Å². The molecular weight excluding hydrogens is 339 g/mol. The molecule has 25 heavy (non-hydrogen) atoms. The van der Waals surface area contributed by atoms with E-state index in [1.54, 1.807) is 23.5 Å². The predicted octanol–water partition coefficient (Wildman–Crippen LogP) is 2.70. The Morgan fingerprint density at radius 3 is 2.96 bits per heavy atom. The van der Waals surface area contributed by atoms with Crippen molar-refractivity contribution in [3.63, 3.8) is 0 Å². The van der Waals surface area contributed by atoms with Gasteiger partial charge in [0.25, 0.3) is 0 Å². The SMILES string of the molecule is CC(=O)NC1(c2nc(C)cs2)CCN(Cc2ccc(C#N)cc2F)C1. The van der Waals surface area contributed by atoms with Crippen LogP contribution >= 0.6 is 11.3 Å². The Morgan fingerprint density at radius 2 is 2.36 bits per heavy atom. The van der Waals surface area contributed by atoms with Crippen molar-refractivity contribution in [2.24, 2.45) is 0 Å². The quantitative estimate of drug-likeness (QED) is 0.912. The molecule has 2 heterocycles. The van der Waals surface area contributed by atoms with Crippen LogP contribution in [-0.4, -0.2) is 28.9 Å². The van der Waals surface area contributed by atoms with Crippen LogP contribution in [0.2, 0.25) is 0 Å². The Morgan fingerprint density at radius 1 is 1.56 bits per heavy atom. The molecule has 0 spiro atoms. The highest BCUT2D eigenvalue weighted by Crippen LogP contribution is 2.35. The van der Waals surface area contributed by atoms with Crippen molar-refractivity contribution in [3.8, 4) is 6.07 Å². The summed E-state index contributed by atoms with van der Waals surface area (Å²) < 4.78 is 14.2. The standard InChI is InChI=1S/C18H19FN4OS/c1-12-10-25-17(21-12)18(22-13(2)24)5-6-23(11-18)9-15-4-3-14(8-20)7-16(15)19/h3-4,7,10H,5-6,9,11H2,1-2H3,(H,22,24). The van der Waals surface area contributed by atoms with Crippen molar-refractivity contribution in [1.29, 1.82) is 5.26 Å². The second-order valence-corrected chi connectivity index (χ2v) is 7.29. The Balaban J connectivity index is 1.80. The summed E-state index contributed by atoms with van der Waals surface area (Å²) in [5.74, 6) is -0.472. The lowest BCUT2D eigenvalue weighted by Gasteiger charge is -2.28. The Bertz CT molecular complexity index is 844. The van der Waals surface area contributed by atoms with Gasteiger partial charge >= 0.3 is 0 Å². The first-order valence-electron chi connectivity index (χ1n) is 8.04. The lowest BCUT2D eigenvalue weighted by molar-refractivity contribution is -0.120. The summed E-state index contributed by atoms with van der Waals surface area (Å²) in [6, 6.07) is 6.48. The zero-order chi connectivity index (χ0) is 18.0. The monoisotopic (exact) mass is 358 g/mol. The summed E-state index contributed by atoms with van der Waals surface area (Å²) in [6.07, 6.45) is 0.734. The van der Waals surface area contributed by atoms with E-state index >= 15 is 0 Å². The molecule has 0 saturated carbocycles. The van der Waals surface area contributed by atoms with Crippen LogP contribution in [0.1, 0.15) is 35.2 Å². The highest BCUT2D eigenvalue weighted by atomic mass is 32.1. The number of carbonyl (C=O) groups is 1. The number of likely N-dealkylation sites (tertiary alicyclic amines) is 1. The maximum Gasteiger partial charge on any atom is 0.217 e. The van der Waals surface area contributed by atoms with Gasteiger partial charge in [-0.05, 0) is 25.5 Å². The molecule has 0 radical (unpaired) electrons. The van der Waals surface area contributed by atoms with Gasteiger partial charge in [0.15, 0.2) is 0 Å². The molecule has 1 atom stereocenters. The molecule has 130 valence electrons. The first kappa shape index (κ1) is 17.5. The van der Waals surface area contributed by atoms with Gasteiger partial charge in [-0.3, -0.25) is 9.69 Å². The van der Waals surface area contributed by atoms with Gasteiger partial charge in [-0.15, -0.1) is 11.3 Å². The molecule has 1 N–H and O–H groups in total. The molecule has 1 fully saturated rings. The van der Waals surface area contributed by atoms with Crippen LogP contribution in [0, 0.1) is 24.1 Å². The number of nitrogens with one attached hydrogen (secondary N) is 1. The maximum absolute atomic E-state index is 14.2. The summed E-state index contributed by atoms with van der Waals surface area (Å²) in [6.45, 7) is 5.19. The Kier molecular flexibility index (Phi) is 4.84. The molecular formula is C18H19FN4OS. The second-order valence-electron chi connectivity index (χ2n) is 6.44. The van der Waals surface area contributed by atoms with Gasteiger partial charge in [0.05, 0.1) is 11.6 Å². The fraction of sp³-hybridized carbons (Fsp3) is 0.389. The number of nitriles is 1. The van der Waals surface area contributed by atoms with E-state index in [1.807, 2.05) is 18.4 Å². The number of hydrogen-bond donors (Lipinski definition) is 1. The lowest BCUT2D eigenvalue weighted by atomic mass is 9.99. The fourth-order valence-electron chi connectivity index (χ4n) is 3.25. The van der Waals surface area contributed by atoms with E-state index < -0.39 is 5.54 Å². The number of hydrogen-bond acceptors (Lipinski definition) is 5. The van der Waals surface area contributed by atoms with E-state index in [9.17, 15) is 9.18 Å². The third-order valence-electron chi connectivity index (χ3n) is 4.37. The van der Waals surface area contributed by atoms with Crippen LogP contribution in [0.5, 0.6) is 0 Å². The average Bonchev–Trinajstić information content (AvgIpc) is 3.16. The summed E-state index contributed by atoms with van der Waals surface area (Å²) in [4.78, 5) is 18.4. The molecule has 2 aromatic rings. The minimum absolute atomic E-state index is 0.0979. The molecule has 7 heteroatoms. The van der Waals surface area contributed by atoms with Crippen molar-refractivity contribution in [2.75, 3.05) is 13.1 Å². The number of amides is 1. The number of rotatable bonds is 4. The molecule has 3 rings (SSSR count). The van der Waals surface area contributed by atoms with Gasteiger partial charge in [0.2, 0.25) is 5.91 Å². The van der Waals surface area contributed by atoms with Gasteiger partial charge in [0, 0.05) is 43.2 Å². The number of aryl methyl sites for hydroxylation is 1. The van der Waals surface area contributed by atoms with Crippen molar-refractivity contribution in [3.05, 3.63) is 51.2 Å². The summed E-state index contributed by atoms with van der Waals surface area (Å²) in [5, 5.41) is 14.8. The number of aromatic nitrogens is 1. The van der Waals surface area contributed by atoms with Crippen LogP contribution in [0.25, 0.3) is 0 Å². The zero-order valence-electron chi connectivity index (χ0n) is 14.2. The predicted molar refractivity (Wildman–Crippen MR) is 93.4 cm³/mol. The van der Waals surface area contributed by atoms with Crippen LogP contribution in [-0.2, 0) is 16.9 Å². The smallest absolute Gasteiger partial charge is 0.217 e. The number of halogens is 1. The van der Waals surface area contributed by atoms with Crippen molar-refractivity contribution in [2.45, 2.75) is 32.4 Å². The van der Waals surface area contributed by atoms with Gasteiger partial charge in [-0.1, -0.05) is 6.07 Å². The minimum atomic E-state index is -0.520. The second kappa shape index (κ2) is 6.90. The minimum Gasteiger partial charge on any atom is -0.343 e. The van der Waals surface area contributed by atoms with Crippen LogP contribution in [0.3, 0.4) is 0 Å². The number of nitrogens with zero attached hydrogens (tertiary/aromatic N) is 3. The van der Waals surface area contributed by atoms with E-state index in [2.05, 4.69) is 15.2 Å². The van der Waals surface area contributed by atoms with Crippen LogP contribution in [0.4, 0.5) is 4.39 Å². The number of thiazole rings is 1. The topological polar surface area (TPSA) is 69.0 Å². The van der Waals surface area contributed by atoms with Crippen molar-refractivity contribution in [1.82, 2.24) is 15.2 Å². The summed E-state index contributed by atoms with van der Waals surface area (Å²) in [7, 11) is 0. The largest absolute Gasteiger partial charge is 0.343 e. The maximum atomic E-state index is 14.2. The molecule has 1 aliphatic rings. The number of carbonyl (C=O) groups excluding carboxylic acids is 1. The van der Waals surface area contributed by atoms with E-state index in [0.717, 1.165) is 23.7 Å². The summed E-state index contributed by atoms with van der Waals surface area (Å²) in [5.41, 5.74) is 1.27. The first-order valence-corrected chi connectivity index (χ1v) is 8.92. The van der Waals surface area contributed by atoms with Gasteiger partial charge < -0.3 is 5.32 Å². The van der Waals surface area contributed by atoms with E-state index in [4.69, 9.17) is 5.26 Å². The average molecular weight is 358 g/mol. The molecule has 1 aromatic carbocycles. The van der Waals surface area contributed by atoms with Crippen LogP contribution in [0.15, 0.2) is 23.6 Å². The molecule has 1 aliphatic heterocycles. The van der Waals surface area contributed by atoms with E-state index in [1.165, 1.54) is 13.0 Å². The third-order valence-corrected chi connectivity index (χ3v) is 5.53. The molecule has 0 bridgehead atoms. The highest BCUT2D eigenvalue weighted by Gasteiger charge is 2.42. The van der Waals surface area contributed by atoms with Crippen molar-refractivity contribution >= 4 is 17.2 Å². The molecule has 1 unspecified atom stereocenters. The Hall–Kier alpha value is -2.30. The molecule has 1 saturated heterocycles. The summed E-state index contributed by atoms with van der Waals surface area (Å²) >= 11 is 1.54. The van der Waals surface area contributed by atoms with E-state index in [0.29, 0.717) is 24.2 Å². The zero-order valence-corrected chi connectivity index (χ0v) is 15.0. The normalized spacial score (nSPS) is 20.4. The molecule has 5 nitrogen and oxygen atoms in total. The fourth-order valence-corrected chi connectivity index (χ4v) is 4.23. The first-order chi connectivity index (χ1) is 11.9. The number of benzene rings is 1. The Labute approximate surface area is 150 Å². The van der Waals surface area contributed by atoms with Crippen molar-refractivity contribution < 1.29 is 9.18 Å².